The molecule has 0 aliphatic carbocycles. The van der Waals surface area contributed by atoms with Crippen LogP contribution < -0.4 is 4.90 Å². The van der Waals surface area contributed by atoms with E-state index >= 15 is 0 Å². The third kappa shape index (κ3) is 3.09. The monoisotopic (exact) mass is 411 g/mol. The smallest absolute Gasteiger partial charge is 0.276 e. The molecule has 0 atom stereocenters. The number of fused-ring (bicyclic) bond motifs is 2. The summed E-state index contributed by atoms with van der Waals surface area (Å²) in [7, 11) is 0. The molecule has 31 heavy (non-hydrogen) atoms. The highest BCUT2D eigenvalue weighted by Crippen LogP contribution is 2.30. The molecule has 0 fully saturated rings. The summed E-state index contributed by atoms with van der Waals surface area (Å²) in [5, 5.41) is 5.25. The third-order valence-corrected chi connectivity index (χ3v) is 5.80. The SMILES string of the molecule is Cc1ccc2nc(-c3ccc(N4CCn5nc(C=O)c(C)c5C4=O)c(C)c3)ncc2c1. The number of nitrogens with zero attached hydrogens (tertiary/aromatic N) is 5. The normalized spacial score (nSPS) is 13.5. The van der Waals surface area contributed by atoms with E-state index in [1.807, 2.05) is 50.4 Å². The van der Waals surface area contributed by atoms with Crippen LogP contribution >= 0.6 is 0 Å². The highest BCUT2D eigenvalue weighted by atomic mass is 16.2. The second-order valence-corrected chi connectivity index (χ2v) is 7.91. The van der Waals surface area contributed by atoms with Crippen LogP contribution in [0.3, 0.4) is 0 Å². The lowest BCUT2D eigenvalue weighted by Gasteiger charge is -2.29. The number of rotatable bonds is 3. The van der Waals surface area contributed by atoms with E-state index < -0.39 is 0 Å². The van der Waals surface area contributed by atoms with Crippen LogP contribution in [0.1, 0.15) is 37.7 Å². The number of anilines is 1. The van der Waals surface area contributed by atoms with E-state index in [0.717, 1.165) is 27.7 Å². The molecule has 5 rings (SSSR count). The van der Waals surface area contributed by atoms with Crippen molar-refractivity contribution in [2.75, 3.05) is 11.4 Å². The standard InChI is InChI=1S/C24H21N5O2/c1-14-4-6-19-18(10-14)12-25-23(26-19)17-5-7-21(15(2)11-17)28-8-9-29-22(24(28)31)16(3)20(13-30)27-29/h4-7,10-13H,8-9H2,1-3H3. The van der Waals surface area contributed by atoms with Crippen molar-refractivity contribution in [1.29, 1.82) is 0 Å². The zero-order chi connectivity index (χ0) is 21.7. The Morgan fingerprint density at radius 1 is 1.03 bits per heavy atom. The molecule has 7 nitrogen and oxygen atoms in total. The van der Waals surface area contributed by atoms with Gasteiger partial charge in [0.2, 0.25) is 0 Å². The zero-order valence-corrected chi connectivity index (χ0v) is 17.6. The van der Waals surface area contributed by atoms with E-state index in [9.17, 15) is 9.59 Å². The third-order valence-electron chi connectivity index (χ3n) is 5.80. The molecule has 0 radical (unpaired) electrons. The summed E-state index contributed by atoms with van der Waals surface area (Å²) in [4.78, 5) is 35.4. The molecule has 1 aliphatic rings. The predicted molar refractivity (Wildman–Crippen MR) is 118 cm³/mol. The first kappa shape index (κ1) is 19.1. The summed E-state index contributed by atoms with van der Waals surface area (Å²) >= 11 is 0. The lowest BCUT2D eigenvalue weighted by atomic mass is 10.1. The van der Waals surface area contributed by atoms with Gasteiger partial charge in [0.25, 0.3) is 5.91 Å². The number of hydrogen-bond acceptors (Lipinski definition) is 5. The Bertz CT molecular complexity index is 1370. The molecular weight excluding hydrogens is 390 g/mol. The minimum Gasteiger partial charge on any atom is -0.305 e. The molecule has 154 valence electrons. The van der Waals surface area contributed by atoms with Crippen molar-refractivity contribution in [3.63, 3.8) is 0 Å². The molecule has 4 aromatic rings. The van der Waals surface area contributed by atoms with E-state index in [4.69, 9.17) is 4.98 Å². The number of amides is 1. The first-order valence-electron chi connectivity index (χ1n) is 10.1. The summed E-state index contributed by atoms with van der Waals surface area (Å²) in [5.74, 6) is 0.512. The molecule has 2 aromatic carbocycles. The Balaban J connectivity index is 1.50. The molecule has 3 heterocycles. The molecule has 0 saturated heterocycles. The largest absolute Gasteiger partial charge is 0.305 e. The van der Waals surface area contributed by atoms with E-state index in [1.165, 1.54) is 5.56 Å². The molecule has 0 unspecified atom stereocenters. The fourth-order valence-corrected chi connectivity index (χ4v) is 4.16. The van der Waals surface area contributed by atoms with Gasteiger partial charge in [0.05, 0.1) is 12.1 Å². The quantitative estimate of drug-likeness (QED) is 0.478. The average Bonchev–Trinajstić information content (AvgIpc) is 3.10. The Hall–Kier alpha value is -3.87. The van der Waals surface area contributed by atoms with Crippen molar-refractivity contribution in [3.05, 3.63) is 70.7 Å². The van der Waals surface area contributed by atoms with Crippen molar-refractivity contribution in [2.24, 2.45) is 0 Å². The van der Waals surface area contributed by atoms with Gasteiger partial charge in [-0.3, -0.25) is 14.3 Å². The molecular formula is C24H21N5O2. The summed E-state index contributed by atoms with van der Waals surface area (Å²) in [6.07, 6.45) is 2.54. The minimum atomic E-state index is -0.141. The fraction of sp³-hybridized carbons (Fsp3) is 0.208. The fourth-order valence-electron chi connectivity index (χ4n) is 4.16. The maximum absolute atomic E-state index is 13.2. The van der Waals surface area contributed by atoms with E-state index in [0.29, 0.717) is 42.2 Å². The summed E-state index contributed by atoms with van der Waals surface area (Å²) in [6, 6.07) is 12.0. The average molecular weight is 411 g/mol. The van der Waals surface area contributed by atoms with Crippen molar-refractivity contribution in [1.82, 2.24) is 19.7 Å². The van der Waals surface area contributed by atoms with Crippen LogP contribution in [0.2, 0.25) is 0 Å². The minimum absolute atomic E-state index is 0.141. The molecule has 2 aromatic heterocycles. The molecule has 1 aliphatic heterocycles. The van der Waals surface area contributed by atoms with Crippen LogP contribution in [0.25, 0.3) is 22.3 Å². The lowest BCUT2D eigenvalue weighted by Crippen LogP contribution is -2.41. The Kier molecular flexibility index (Phi) is 4.39. The van der Waals surface area contributed by atoms with Gasteiger partial charge in [0.1, 0.15) is 11.4 Å². The number of aldehydes is 1. The van der Waals surface area contributed by atoms with E-state index in [-0.39, 0.29) is 5.91 Å². The van der Waals surface area contributed by atoms with Gasteiger partial charge in [-0.2, -0.15) is 5.10 Å². The van der Waals surface area contributed by atoms with Gasteiger partial charge in [-0.1, -0.05) is 11.6 Å². The van der Waals surface area contributed by atoms with Crippen LogP contribution in [-0.4, -0.2) is 38.5 Å². The summed E-state index contributed by atoms with van der Waals surface area (Å²) in [6.45, 7) is 6.83. The number of carbonyl (C=O) groups excluding carboxylic acids is 2. The molecule has 0 spiro atoms. The van der Waals surface area contributed by atoms with Crippen LogP contribution in [0.15, 0.2) is 42.6 Å². The highest BCUT2D eigenvalue weighted by molar-refractivity contribution is 6.08. The topological polar surface area (TPSA) is 81.0 Å². The zero-order valence-electron chi connectivity index (χ0n) is 17.6. The second-order valence-electron chi connectivity index (χ2n) is 7.91. The summed E-state index contributed by atoms with van der Waals surface area (Å²) in [5.41, 5.74) is 6.19. The van der Waals surface area contributed by atoms with Crippen molar-refractivity contribution < 1.29 is 9.59 Å². The van der Waals surface area contributed by atoms with Gasteiger partial charge in [0.15, 0.2) is 12.1 Å². The van der Waals surface area contributed by atoms with E-state index in [2.05, 4.69) is 16.1 Å². The number of aromatic nitrogens is 4. The first-order valence-corrected chi connectivity index (χ1v) is 10.1. The molecule has 1 amide bonds. The number of benzene rings is 2. The van der Waals surface area contributed by atoms with Gasteiger partial charge in [-0.05, 0) is 56.7 Å². The van der Waals surface area contributed by atoms with Gasteiger partial charge in [-0.25, -0.2) is 9.97 Å². The lowest BCUT2D eigenvalue weighted by molar-refractivity contribution is 0.0961. The molecule has 0 saturated carbocycles. The van der Waals surface area contributed by atoms with E-state index in [1.54, 1.807) is 16.5 Å². The number of carbonyl (C=O) groups is 2. The van der Waals surface area contributed by atoms with Crippen molar-refractivity contribution >= 4 is 28.8 Å². The Morgan fingerprint density at radius 3 is 2.65 bits per heavy atom. The Labute approximate surface area is 179 Å². The van der Waals surface area contributed by atoms with Crippen LogP contribution in [0.4, 0.5) is 5.69 Å². The number of hydrogen-bond donors (Lipinski definition) is 0. The Morgan fingerprint density at radius 2 is 1.87 bits per heavy atom. The number of aryl methyl sites for hydroxylation is 2. The van der Waals surface area contributed by atoms with Crippen LogP contribution in [0.5, 0.6) is 0 Å². The van der Waals surface area contributed by atoms with Crippen LogP contribution in [0, 0.1) is 20.8 Å². The highest BCUT2D eigenvalue weighted by Gasteiger charge is 2.31. The van der Waals surface area contributed by atoms with Gasteiger partial charge < -0.3 is 4.90 Å². The molecule has 0 N–H and O–H groups in total. The maximum Gasteiger partial charge on any atom is 0.276 e. The van der Waals surface area contributed by atoms with Crippen molar-refractivity contribution in [2.45, 2.75) is 27.3 Å². The van der Waals surface area contributed by atoms with Gasteiger partial charge in [0, 0.05) is 34.9 Å². The maximum atomic E-state index is 13.2. The van der Waals surface area contributed by atoms with Crippen molar-refractivity contribution in [3.8, 4) is 11.4 Å². The van der Waals surface area contributed by atoms with Gasteiger partial charge >= 0.3 is 0 Å². The second kappa shape index (κ2) is 7.12. The summed E-state index contributed by atoms with van der Waals surface area (Å²) < 4.78 is 1.63. The predicted octanol–water partition coefficient (Wildman–Crippen LogP) is 3.89. The van der Waals surface area contributed by atoms with Gasteiger partial charge in [-0.15, -0.1) is 0 Å². The van der Waals surface area contributed by atoms with Crippen LogP contribution in [-0.2, 0) is 6.54 Å². The molecule has 7 heteroatoms. The first-order chi connectivity index (χ1) is 15.0. The molecule has 0 bridgehead atoms.